The molecule has 0 spiro atoms. The summed E-state index contributed by atoms with van der Waals surface area (Å²) in [5, 5.41) is 2.84. The highest BCUT2D eigenvalue weighted by Gasteiger charge is 2.39. The number of hydrogen-bond donors (Lipinski definition) is 1. The molecule has 0 unspecified atom stereocenters. The van der Waals surface area contributed by atoms with Crippen LogP contribution in [0, 0.1) is 6.92 Å². The minimum absolute atomic E-state index is 0.221. The second-order valence-electron chi connectivity index (χ2n) is 7.00. The van der Waals surface area contributed by atoms with Gasteiger partial charge in [-0.1, -0.05) is 23.8 Å². The number of carbonyl (C=O) groups is 1. The lowest BCUT2D eigenvalue weighted by Gasteiger charge is -2.23. The van der Waals surface area contributed by atoms with E-state index < -0.39 is 16.1 Å². The summed E-state index contributed by atoms with van der Waals surface area (Å²) in [6.45, 7) is 2.51. The quantitative estimate of drug-likeness (QED) is 0.714. The van der Waals surface area contributed by atoms with Gasteiger partial charge in [0, 0.05) is 18.9 Å². The van der Waals surface area contributed by atoms with Crippen LogP contribution < -0.4 is 5.32 Å². The van der Waals surface area contributed by atoms with Crippen LogP contribution in [0.3, 0.4) is 0 Å². The standard InChI is InChI=1S/C20H22N4O3S/c1-15-7-9-17(10-8-15)28(26,27)24-12-4-5-18(24)20(25)21-13-16-14-23-11-3-2-6-19(23)22-16/h2-3,6-11,14,18H,4-5,12-13H2,1H3,(H,21,25)/t18-/m0/s1. The molecule has 1 N–H and O–H groups in total. The van der Waals surface area contributed by atoms with Gasteiger partial charge in [0.05, 0.1) is 17.1 Å². The van der Waals surface area contributed by atoms with Gasteiger partial charge in [0.15, 0.2) is 0 Å². The zero-order valence-electron chi connectivity index (χ0n) is 15.6. The Bertz CT molecular complexity index is 1070. The highest BCUT2D eigenvalue weighted by atomic mass is 32.2. The normalized spacial score (nSPS) is 17.8. The molecular formula is C20H22N4O3S. The molecule has 1 aromatic carbocycles. The number of benzene rings is 1. The van der Waals surface area contributed by atoms with Gasteiger partial charge < -0.3 is 9.72 Å². The van der Waals surface area contributed by atoms with Crippen LogP contribution in [-0.4, -0.2) is 40.6 Å². The first-order valence-corrected chi connectivity index (χ1v) is 10.7. The van der Waals surface area contributed by atoms with Crippen LogP contribution in [0.25, 0.3) is 5.65 Å². The average Bonchev–Trinajstić information content (AvgIpc) is 3.33. The molecule has 0 saturated carbocycles. The number of pyridine rings is 1. The molecule has 4 rings (SSSR count). The van der Waals surface area contributed by atoms with Crippen molar-refractivity contribution in [1.29, 1.82) is 0 Å². The molecule has 1 saturated heterocycles. The van der Waals surface area contributed by atoms with E-state index in [1.807, 2.05) is 41.9 Å². The second kappa shape index (κ2) is 7.37. The first-order chi connectivity index (χ1) is 13.4. The van der Waals surface area contributed by atoms with E-state index in [0.717, 1.165) is 16.9 Å². The molecule has 2 aromatic heterocycles. The Hall–Kier alpha value is -2.71. The summed E-state index contributed by atoms with van der Waals surface area (Å²) in [7, 11) is -3.70. The zero-order chi connectivity index (χ0) is 19.7. The van der Waals surface area contributed by atoms with E-state index in [1.54, 1.807) is 24.3 Å². The zero-order valence-corrected chi connectivity index (χ0v) is 16.4. The van der Waals surface area contributed by atoms with Crippen molar-refractivity contribution in [3.63, 3.8) is 0 Å². The van der Waals surface area contributed by atoms with Gasteiger partial charge in [-0.2, -0.15) is 4.31 Å². The van der Waals surface area contributed by atoms with E-state index in [1.165, 1.54) is 4.31 Å². The van der Waals surface area contributed by atoms with E-state index >= 15 is 0 Å². The van der Waals surface area contributed by atoms with Gasteiger partial charge in [-0.25, -0.2) is 13.4 Å². The Morgan fingerprint density at radius 3 is 2.75 bits per heavy atom. The van der Waals surface area contributed by atoms with Gasteiger partial charge in [0.1, 0.15) is 11.7 Å². The van der Waals surface area contributed by atoms with Crippen LogP contribution in [0.4, 0.5) is 0 Å². The molecule has 7 nitrogen and oxygen atoms in total. The van der Waals surface area contributed by atoms with Crippen molar-refractivity contribution in [2.75, 3.05) is 6.54 Å². The molecule has 1 fully saturated rings. The first-order valence-electron chi connectivity index (χ1n) is 9.24. The molecule has 1 atom stereocenters. The summed E-state index contributed by atoms with van der Waals surface area (Å²) in [6, 6.07) is 11.7. The van der Waals surface area contributed by atoms with Crippen LogP contribution in [0.15, 0.2) is 59.8 Å². The number of rotatable bonds is 5. The van der Waals surface area contributed by atoms with Gasteiger partial charge in [-0.15, -0.1) is 0 Å². The van der Waals surface area contributed by atoms with E-state index in [4.69, 9.17) is 0 Å². The Kier molecular flexibility index (Phi) is 4.91. The van der Waals surface area contributed by atoms with E-state index in [0.29, 0.717) is 19.4 Å². The van der Waals surface area contributed by atoms with Crippen molar-refractivity contribution in [2.24, 2.45) is 0 Å². The summed E-state index contributed by atoms with van der Waals surface area (Å²) < 4.78 is 29.2. The number of hydrogen-bond acceptors (Lipinski definition) is 4. The summed E-state index contributed by atoms with van der Waals surface area (Å²) >= 11 is 0. The maximum absolute atomic E-state index is 13.0. The Balaban J connectivity index is 1.47. The molecular weight excluding hydrogens is 376 g/mol. The molecule has 8 heteroatoms. The second-order valence-corrected chi connectivity index (χ2v) is 8.89. The Morgan fingerprint density at radius 1 is 1.21 bits per heavy atom. The number of amides is 1. The predicted octanol–water partition coefficient (Wildman–Crippen LogP) is 2.11. The predicted molar refractivity (Wildman–Crippen MR) is 105 cm³/mol. The minimum Gasteiger partial charge on any atom is -0.349 e. The summed E-state index contributed by atoms with van der Waals surface area (Å²) in [5.74, 6) is -0.287. The molecule has 1 aliphatic heterocycles. The van der Waals surface area contributed by atoms with E-state index in [-0.39, 0.29) is 17.3 Å². The highest BCUT2D eigenvalue weighted by molar-refractivity contribution is 7.89. The third kappa shape index (κ3) is 3.53. The lowest BCUT2D eigenvalue weighted by Crippen LogP contribution is -2.45. The van der Waals surface area contributed by atoms with Crippen LogP contribution in [0.2, 0.25) is 0 Å². The summed E-state index contributed by atoms with van der Waals surface area (Å²) in [5.41, 5.74) is 2.52. The Morgan fingerprint density at radius 2 is 2.00 bits per heavy atom. The number of aromatic nitrogens is 2. The fourth-order valence-electron chi connectivity index (χ4n) is 3.50. The van der Waals surface area contributed by atoms with Gasteiger partial charge in [-0.05, 0) is 44.0 Å². The SMILES string of the molecule is Cc1ccc(S(=O)(=O)N2CCC[C@H]2C(=O)NCc2cn3ccccc3n2)cc1. The number of sulfonamides is 1. The molecule has 3 aromatic rings. The monoisotopic (exact) mass is 398 g/mol. The fourth-order valence-corrected chi connectivity index (χ4v) is 5.16. The van der Waals surface area contributed by atoms with E-state index in [2.05, 4.69) is 10.3 Å². The number of nitrogens with zero attached hydrogens (tertiary/aromatic N) is 3. The molecule has 1 aliphatic rings. The van der Waals surface area contributed by atoms with Crippen molar-refractivity contribution in [3.05, 3.63) is 66.1 Å². The molecule has 0 radical (unpaired) electrons. The van der Waals surface area contributed by atoms with Crippen molar-refractivity contribution in [3.8, 4) is 0 Å². The number of nitrogens with one attached hydrogen (secondary N) is 1. The topological polar surface area (TPSA) is 83.8 Å². The molecule has 28 heavy (non-hydrogen) atoms. The maximum atomic E-state index is 13.0. The number of imidazole rings is 1. The van der Waals surface area contributed by atoms with Gasteiger partial charge in [0.25, 0.3) is 0 Å². The number of aryl methyl sites for hydroxylation is 1. The van der Waals surface area contributed by atoms with Crippen LogP contribution >= 0.6 is 0 Å². The van der Waals surface area contributed by atoms with Crippen molar-refractivity contribution in [2.45, 2.75) is 37.2 Å². The molecule has 3 heterocycles. The summed E-state index contributed by atoms with van der Waals surface area (Å²) in [6.07, 6.45) is 4.92. The van der Waals surface area contributed by atoms with Gasteiger partial charge >= 0.3 is 0 Å². The average molecular weight is 398 g/mol. The van der Waals surface area contributed by atoms with Crippen molar-refractivity contribution in [1.82, 2.24) is 19.0 Å². The van der Waals surface area contributed by atoms with Gasteiger partial charge in [0.2, 0.25) is 15.9 Å². The molecule has 0 bridgehead atoms. The van der Waals surface area contributed by atoms with Crippen LogP contribution in [-0.2, 0) is 21.4 Å². The molecule has 1 amide bonds. The van der Waals surface area contributed by atoms with Crippen LogP contribution in [0.1, 0.15) is 24.1 Å². The van der Waals surface area contributed by atoms with Gasteiger partial charge in [-0.3, -0.25) is 4.79 Å². The van der Waals surface area contributed by atoms with Crippen molar-refractivity contribution >= 4 is 21.6 Å². The number of fused-ring (bicyclic) bond motifs is 1. The largest absolute Gasteiger partial charge is 0.349 e. The first kappa shape index (κ1) is 18.6. The minimum atomic E-state index is -3.70. The maximum Gasteiger partial charge on any atom is 0.243 e. The molecule has 146 valence electrons. The third-order valence-electron chi connectivity index (χ3n) is 4.99. The number of carbonyl (C=O) groups excluding carboxylic acids is 1. The van der Waals surface area contributed by atoms with Crippen LogP contribution in [0.5, 0.6) is 0 Å². The lowest BCUT2D eigenvalue weighted by molar-refractivity contribution is -0.124. The lowest BCUT2D eigenvalue weighted by atomic mass is 10.2. The highest BCUT2D eigenvalue weighted by Crippen LogP contribution is 2.26. The fraction of sp³-hybridized carbons (Fsp3) is 0.300. The third-order valence-corrected chi connectivity index (χ3v) is 6.91. The van der Waals surface area contributed by atoms with E-state index in [9.17, 15) is 13.2 Å². The van der Waals surface area contributed by atoms with Crippen molar-refractivity contribution < 1.29 is 13.2 Å². The Labute approximate surface area is 164 Å². The smallest absolute Gasteiger partial charge is 0.243 e. The summed E-state index contributed by atoms with van der Waals surface area (Å²) in [4.78, 5) is 17.4. The molecule has 0 aliphatic carbocycles.